The van der Waals surface area contributed by atoms with Crippen LogP contribution < -0.4 is 10.6 Å². The van der Waals surface area contributed by atoms with Gasteiger partial charge >= 0.3 is 0 Å². The number of imidazole rings is 1. The van der Waals surface area contributed by atoms with Gasteiger partial charge in [-0.15, -0.1) is 0 Å². The van der Waals surface area contributed by atoms with Crippen molar-refractivity contribution in [2.45, 2.75) is 20.0 Å². The molecule has 1 aliphatic heterocycles. The van der Waals surface area contributed by atoms with Gasteiger partial charge in [0.25, 0.3) is 0 Å². The predicted molar refractivity (Wildman–Crippen MR) is 123 cm³/mol. The molecule has 156 valence electrons. The summed E-state index contributed by atoms with van der Waals surface area (Å²) in [6, 6.07) is 16.5. The van der Waals surface area contributed by atoms with Crippen molar-refractivity contribution in [1.82, 2.24) is 14.5 Å². The minimum atomic E-state index is 0.583. The Labute approximate surface area is 182 Å². The average Bonchev–Trinajstić information content (AvgIpc) is 3.17. The number of guanidine groups is 1. The number of aryl methyl sites for hydroxylation is 1. The monoisotopic (exact) mass is 422 g/mol. The maximum absolute atomic E-state index is 6.30. The van der Waals surface area contributed by atoms with Gasteiger partial charge in [-0.1, -0.05) is 35.9 Å². The zero-order valence-corrected chi connectivity index (χ0v) is 18.0. The molecule has 2 N–H and O–H groups in total. The molecule has 0 amide bonds. The second-order valence-electron chi connectivity index (χ2n) is 7.55. The molecule has 6 nitrogen and oxygen atoms in total. The first-order valence-electron chi connectivity index (χ1n) is 10.2. The number of rotatable bonds is 5. The SMILES string of the molecule is Cc1nccn1Cc1cccc(CN=C(N)N2CCN(c3ccc(Cl)cc3)CC2)c1. The third-order valence-electron chi connectivity index (χ3n) is 5.49. The number of halogens is 1. The van der Waals surface area contributed by atoms with E-state index < -0.39 is 0 Å². The summed E-state index contributed by atoms with van der Waals surface area (Å²) < 4.78 is 2.14. The molecule has 4 rings (SSSR count). The molecule has 0 saturated carbocycles. The summed E-state index contributed by atoms with van der Waals surface area (Å²) in [7, 11) is 0. The molecular formula is C23H27ClN6. The van der Waals surface area contributed by atoms with Gasteiger partial charge in [-0.25, -0.2) is 9.98 Å². The highest BCUT2D eigenvalue weighted by Crippen LogP contribution is 2.19. The average molecular weight is 423 g/mol. The maximum atomic E-state index is 6.30. The lowest BCUT2D eigenvalue weighted by molar-refractivity contribution is 0.380. The molecular weight excluding hydrogens is 396 g/mol. The van der Waals surface area contributed by atoms with Gasteiger partial charge in [0.05, 0.1) is 6.54 Å². The predicted octanol–water partition coefficient (Wildman–Crippen LogP) is 3.53. The first-order chi connectivity index (χ1) is 14.6. The van der Waals surface area contributed by atoms with E-state index in [-0.39, 0.29) is 0 Å². The number of anilines is 1. The topological polar surface area (TPSA) is 62.7 Å². The van der Waals surface area contributed by atoms with Gasteiger partial charge in [-0.05, 0) is 42.3 Å². The van der Waals surface area contributed by atoms with E-state index in [1.165, 1.54) is 11.3 Å². The number of nitrogens with zero attached hydrogens (tertiary/aromatic N) is 5. The minimum absolute atomic E-state index is 0.583. The van der Waals surface area contributed by atoms with Crippen molar-refractivity contribution in [1.29, 1.82) is 0 Å². The van der Waals surface area contributed by atoms with Gasteiger partial charge < -0.3 is 20.1 Å². The molecule has 7 heteroatoms. The molecule has 0 aliphatic carbocycles. The lowest BCUT2D eigenvalue weighted by Gasteiger charge is -2.36. The minimum Gasteiger partial charge on any atom is -0.370 e. The van der Waals surface area contributed by atoms with E-state index in [0.717, 1.165) is 49.1 Å². The largest absolute Gasteiger partial charge is 0.370 e. The fourth-order valence-corrected chi connectivity index (χ4v) is 3.84. The summed E-state index contributed by atoms with van der Waals surface area (Å²) in [5, 5.41) is 0.762. The van der Waals surface area contributed by atoms with E-state index >= 15 is 0 Å². The van der Waals surface area contributed by atoms with Crippen LogP contribution in [-0.2, 0) is 13.1 Å². The quantitative estimate of drug-likeness (QED) is 0.504. The molecule has 3 aromatic rings. The Bertz CT molecular complexity index is 1000. The molecule has 2 aromatic carbocycles. The zero-order valence-electron chi connectivity index (χ0n) is 17.2. The van der Waals surface area contributed by atoms with Crippen LogP contribution in [0.2, 0.25) is 5.02 Å². The summed E-state index contributed by atoms with van der Waals surface area (Å²) in [5.74, 6) is 1.63. The number of nitrogens with two attached hydrogens (primary N) is 1. The standard InChI is InChI=1S/C23H27ClN6/c1-18-26-9-10-30(18)17-20-4-2-3-19(15-20)16-27-23(25)29-13-11-28(12-14-29)22-7-5-21(24)6-8-22/h2-10,15H,11-14,16-17H2,1H3,(H2,25,27). The van der Waals surface area contributed by atoms with Gasteiger partial charge in [0, 0.05) is 55.8 Å². The van der Waals surface area contributed by atoms with Crippen molar-refractivity contribution in [3.05, 3.63) is 82.9 Å². The van der Waals surface area contributed by atoms with Crippen LogP contribution in [0.4, 0.5) is 5.69 Å². The summed E-state index contributed by atoms with van der Waals surface area (Å²) in [5.41, 5.74) is 9.88. The van der Waals surface area contributed by atoms with E-state index in [2.05, 4.69) is 60.7 Å². The fourth-order valence-electron chi connectivity index (χ4n) is 3.71. The number of hydrogen-bond acceptors (Lipinski definition) is 3. The number of benzene rings is 2. The van der Waals surface area contributed by atoms with E-state index in [1.807, 2.05) is 31.5 Å². The fraction of sp³-hybridized carbons (Fsp3) is 0.304. The third kappa shape index (κ3) is 4.94. The molecule has 0 bridgehead atoms. The lowest BCUT2D eigenvalue weighted by Crippen LogP contribution is -2.51. The molecule has 2 heterocycles. The summed E-state index contributed by atoms with van der Waals surface area (Å²) in [4.78, 5) is 13.4. The second-order valence-corrected chi connectivity index (χ2v) is 7.98. The summed E-state index contributed by atoms with van der Waals surface area (Å²) in [6.45, 7) is 6.96. The first-order valence-corrected chi connectivity index (χ1v) is 10.6. The Morgan fingerprint density at radius 2 is 1.80 bits per heavy atom. The van der Waals surface area contributed by atoms with Crippen molar-refractivity contribution in [2.75, 3.05) is 31.1 Å². The van der Waals surface area contributed by atoms with Crippen LogP contribution in [0.3, 0.4) is 0 Å². The Kier molecular flexibility index (Phi) is 6.23. The molecule has 1 fully saturated rings. The highest BCUT2D eigenvalue weighted by atomic mass is 35.5. The van der Waals surface area contributed by atoms with Crippen molar-refractivity contribution in [3.8, 4) is 0 Å². The van der Waals surface area contributed by atoms with E-state index in [9.17, 15) is 0 Å². The number of piperazine rings is 1. The normalized spacial score (nSPS) is 14.9. The second kappa shape index (κ2) is 9.22. The Morgan fingerprint density at radius 3 is 2.50 bits per heavy atom. The summed E-state index contributed by atoms with van der Waals surface area (Å²) >= 11 is 5.99. The van der Waals surface area contributed by atoms with Crippen LogP contribution in [0.15, 0.2) is 65.9 Å². The Balaban J connectivity index is 1.33. The van der Waals surface area contributed by atoms with Crippen LogP contribution in [-0.4, -0.2) is 46.6 Å². The number of aliphatic imine (C=N–C) groups is 1. The Morgan fingerprint density at radius 1 is 1.07 bits per heavy atom. The van der Waals surface area contributed by atoms with Crippen molar-refractivity contribution in [2.24, 2.45) is 10.7 Å². The van der Waals surface area contributed by atoms with Crippen LogP contribution in [0.5, 0.6) is 0 Å². The highest BCUT2D eigenvalue weighted by molar-refractivity contribution is 6.30. The molecule has 30 heavy (non-hydrogen) atoms. The molecule has 0 unspecified atom stereocenters. The van der Waals surface area contributed by atoms with Gasteiger partial charge in [0.2, 0.25) is 0 Å². The van der Waals surface area contributed by atoms with E-state index in [4.69, 9.17) is 17.3 Å². The Hall–Kier alpha value is -2.99. The van der Waals surface area contributed by atoms with Crippen LogP contribution >= 0.6 is 11.6 Å². The molecule has 0 radical (unpaired) electrons. The molecule has 1 aromatic heterocycles. The highest BCUT2D eigenvalue weighted by Gasteiger charge is 2.18. The third-order valence-corrected chi connectivity index (χ3v) is 5.74. The lowest BCUT2D eigenvalue weighted by atomic mass is 10.1. The summed E-state index contributed by atoms with van der Waals surface area (Å²) in [6.07, 6.45) is 3.83. The number of aromatic nitrogens is 2. The first kappa shape index (κ1) is 20.3. The van der Waals surface area contributed by atoms with E-state index in [1.54, 1.807) is 0 Å². The molecule has 0 atom stereocenters. The van der Waals surface area contributed by atoms with Gasteiger partial charge in [0.15, 0.2) is 5.96 Å². The van der Waals surface area contributed by atoms with E-state index in [0.29, 0.717) is 12.5 Å². The van der Waals surface area contributed by atoms with Gasteiger partial charge in [0.1, 0.15) is 5.82 Å². The van der Waals surface area contributed by atoms with Gasteiger partial charge in [-0.2, -0.15) is 0 Å². The van der Waals surface area contributed by atoms with Crippen LogP contribution in [0.25, 0.3) is 0 Å². The number of hydrogen-bond donors (Lipinski definition) is 1. The smallest absolute Gasteiger partial charge is 0.191 e. The van der Waals surface area contributed by atoms with Crippen LogP contribution in [0.1, 0.15) is 17.0 Å². The van der Waals surface area contributed by atoms with Crippen molar-refractivity contribution < 1.29 is 0 Å². The van der Waals surface area contributed by atoms with Gasteiger partial charge in [-0.3, -0.25) is 0 Å². The maximum Gasteiger partial charge on any atom is 0.191 e. The zero-order chi connectivity index (χ0) is 20.9. The van der Waals surface area contributed by atoms with Crippen LogP contribution in [0, 0.1) is 6.92 Å². The van der Waals surface area contributed by atoms with Crippen molar-refractivity contribution in [3.63, 3.8) is 0 Å². The molecule has 0 spiro atoms. The van der Waals surface area contributed by atoms with Crippen molar-refractivity contribution >= 4 is 23.2 Å². The molecule has 1 aliphatic rings. The molecule has 1 saturated heterocycles.